The molecule has 0 fully saturated rings. The van der Waals surface area contributed by atoms with Gasteiger partial charge in [-0.2, -0.15) is 5.10 Å². The zero-order valence-electron chi connectivity index (χ0n) is 20.6. The molecule has 0 aliphatic heterocycles. The number of hydrogen-bond acceptors (Lipinski definition) is 6. The lowest BCUT2D eigenvalue weighted by Crippen LogP contribution is -2.40. The lowest BCUT2D eigenvalue weighted by atomic mass is 10.0. The van der Waals surface area contributed by atoms with Crippen molar-refractivity contribution in [3.8, 4) is 0 Å². The predicted octanol–water partition coefficient (Wildman–Crippen LogP) is 3.90. The van der Waals surface area contributed by atoms with E-state index in [-0.39, 0.29) is 24.5 Å². The van der Waals surface area contributed by atoms with Gasteiger partial charge in [-0.1, -0.05) is 77.0 Å². The Morgan fingerprint density at radius 3 is 1.55 bits per heavy atom. The molecular weight excluding hydrogens is 422 g/mol. The molecule has 9 nitrogen and oxygen atoms in total. The molecule has 0 rings (SSSR count). The van der Waals surface area contributed by atoms with Gasteiger partial charge in [-0.3, -0.25) is 4.79 Å². The fourth-order valence-corrected chi connectivity index (χ4v) is 3.74. The maximum atomic E-state index is 11.9. The van der Waals surface area contributed by atoms with Crippen LogP contribution in [0, 0.1) is 0 Å². The molecule has 0 aliphatic rings. The van der Waals surface area contributed by atoms with Gasteiger partial charge >= 0.3 is 5.97 Å². The zero-order valence-corrected chi connectivity index (χ0v) is 20.6. The molecule has 0 aromatic heterocycles. The summed E-state index contributed by atoms with van der Waals surface area (Å²) in [6.45, 7) is 1.42. The summed E-state index contributed by atoms with van der Waals surface area (Å²) in [6.07, 6.45) is 18.0. The summed E-state index contributed by atoms with van der Waals surface area (Å²) in [5.41, 5.74) is 2.50. The van der Waals surface area contributed by atoms with Crippen LogP contribution >= 0.6 is 0 Å². The fourth-order valence-electron chi connectivity index (χ4n) is 3.74. The molecule has 1 amide bonds. The molecule has 7 N–H and O–H groups in total. The van der Waals surface area contributed by atoms with Gasteiger partial charge in [0.1, 0.15) is 17.7 Å². The van der Waals surface area contributed by atoms with Gasteiger partial charge in [-0.15, -0.1) is 0 Å². The Balaban J connectivity index is 3.44. The molecule has 0 bridgehead atoms. The summed E-state index contributed by atoms with van der Waals surface area (Å²) in [6, 6.07) is -0.972. The number of hydrazone groups is 1. The van der Waals surface area contributed by atoms with Crippen LogP contribution in [0.4, 0.5) is 0 Å². The number of amidine groups is 1. The van der Waals surface area contributed by atoms with Crippen LogP contribution in [0.15, 0.2) is 5.10 Å². The number of carboxylic acid groups (broad SMARTS) is 1. The van der Waals surface area contributed by atoms with Crippen LogP contribution in [-0.4, -0.2) is 34.6 Å². The second-order valence-electron chi connectivity index (χ2n) is 8.87. The first kappa shape index (κ1) is 30.8. The third-order valence-corrected chi connectivity index (χ3v) is 5.81. The number of nitrogens with zero attached hydrogens (tertiary/aromatic N) is 1. The lowest BCUT2D eigenvalue weighted by Gasteiger charge is -2.13. The Hall–Kier alpha value is -2.16. The van der Waals surface area contributed by atoms with E-state index in [1.54, 1.807) is 0 Å². The van der Waals surface area contributed by atoms with Crippen LogP contribution in [0.2, 0.25) is 0 Å². The highest BCUT2D eigenvalue weighted by Gasteiger charge is 2.19. The van der Waals surface area contributed by atoms with Gasteiger partial charge in [0.15, 0.2) is 0 Å². The Kier molecular flexibility index (Phi) is 20.3. The SMILES string of the molecule is CC(=O)CCC(NC(=O)CCCCCCCCCCCCCCCC/C(=N\N)NN)C(=O)O. The monoisotopic (exact) mass is 469 g/mol. The molecule has 1 unspecified atom stereocenters. The van der Waals surface area contributed by atoms with Gasteiger partial charge in [-0.05, 0) is 26.2 Å². The number of carbonyl (C=O) groups is 3. The molecule has 33 heavy (non-hydrogen) atoms. The van der Waals surface area contributed by atoms with Crippen molar-refractivity contribution in [3.63, 3.8) is 0 Å². The normalized spacial score (nSPS) is 12.4. The Morgan fingerprint density at radius 2 is 1.18 bits per heavy atom. The summed E-state index contributed by atoms with van der Waals surface area (Å²) in [5.74, 6) is 9.75. The van der Waals surface area contributed by atoms with Crippen molar-refractivity contribution in [2.75, 3.05) is 0 Å². The zero-order chi connectivity index (χ0) is 24.7. The molecule has 0 aliphatic carbocycles. The molecule has 1 atom stereocenters. The Morgan fingerprint density at radius 1 is 0.758 bits per heavy atom. The number of ketones is 1. The number of unbranched alkanes of at least 4 members (excludes halogenated alkanes) is 13. The second-order valence-corrected chi connectivity index (χ2v) is 8.87. The van der Waals surface area contributed by atoms with Crippen molar-refractivity contribution >= 4 is 23.5 Å². The molecule has 192 valence electrons. The molecule has 0 heterocycles. The van der Waals surface area contributed by atoms with Gasteiger partial charge in [0.05, 0.1) is 0 Å². The van der Waals surface area contributed by atoms with Crippen molar-refractivity contribution in [2.45, 2.75) is 129 Å². The number of nitrogens with two attached hydrogens (primary N) is 2. The van der Waals surface area contributed by atoms with Gasteiger partial charge < -0.3 is 26.5 Å². The Labute approximate surface area is 199 Å². The second kappa shape index (κ2) is 21.7. The molecule has 0 radical (unpaired) electrons. The van der Waals surface area contributed by atoms with Crippen molar-refractivity contribution in [3.05, 3.63) is 0 Å². The summed E-state index contributed by atoms with van der Waals surface area (Å²) in [4.78, 5) is 34.1. The summed E-state index contributed by atoms with van der Waals surface area (Å²) in [7, 11) is 0. The van der Waals surface area contributed by atoms with E-state index in [0.717, 1.165) is 32.1 Å². The number of carboxylic acids is 1. The minimum Gasteiger partial charge on any atom is -0.480 e. The number of carbonyl (C=O) groups excluding carboxylic acids is 2. The maximum absolute atomic E-state index is 11.9. The highest BCUT2D eigenvalue weighted by atomic mass is 16.4. The average molecular weight is 470 g/mol. The standard InChI is InChI=1S/C24H47N5O4/c1-20(30)18-19-21(24(32)33)27-23(31)17-15-13-11-9-7-5-3-2-4-6-8-10-12-14-16-22(28-25)29-26/h21H,2-19,25-26H2,1H3,(H,27,31)(H,28,29)(H,32,33). The van der Waals surface area contributed by atoms with E-state index < -0.39 is 12.0 Å². The van der Waals surface area contributed by atoms with Crippen LogP contribution in [-0.2, 0) is 14.4 Å². The van der Waals surface area contributed by atoms with Gasteiger partial charge in [0.25, 0.3) is 0 Å². The minimum atomic E-state index is -1.09. The number of hydrazine groups is 1. The van der Waals surface area contributed by atoms with Crippen molar-refractivity contribution < 1.29 is 19.5 Å². The quantitative estimate of drug-likeness (QED) is 0.0528. The predicted molar refractivity (Wildman–Crippen MR) is 132 cm³/mol. The van der Waals surface area contributed by atoms with E-state index in [4.69, 9.17) is 16.8 Å². The first-order valence-corrected chi connectivity index (χ1v) is 12.7. The van der Waals surface area contributed by atoms with Crippen LogP contribution in [0.3, 0.4) is 0 Å². The number of Topliss-reactive ketones (excluding diaryl/α,β-unsaturated/α-hetero) is 1. The highest BCUT2D eigenvalue weighted by Crippen LogP contribution is 2.14. The van der Waals surface area contributed by atoms with Crippen LogP contribution in [0.1, 0.15) is 122 Å². The van der Waals surface area contributed by atoms with Crippen LogP contribution in [0.25, 0.3) is 0 Å². The lowest BCUT2D eigenvalue weighted by molar-refractivity contribution is -0.142. The summed E-state index contributed by atoms with van der Waals surface area (Å²) < 4.78 is 0. The van der Waals surface area contributed by atoms with Gasteiger partial charge in [0.2, 0.25) is 5.91 Å². The van der Waals surface area contributed by atoms with E-state index in [0.29, 0.717) is 12.3 Å². The number of amides is 1. The largest absolute Gasteiger partial charge is 0.480 e. The molecular formula is C24H47N5O4. The van der Waals surface area contributed by atoms with Crippen LogP contribution in [0.5, 0.6) is 0 Å². The molecule has 9 heteroatoms. The number of nitrogens with one attached hydrogen (secondary N) is 2. The first-order valence-electron chi connectivity index (χ1n) is 12.7. The molecule has 0 saturated carbocycles. The molecule has 0 spiro atoms. The smallest absolute Gasteiger partial charge is 0.326 e. The summed E-state index contributed by atoms with van der Waals surface area (Å²) in [5, 5.41) is 15.2. The van der Waals surface area contributed by atoms with Gasteiger partial charge in [0, 0.05) is 19.3 Å². The van der Waals surface area contributed by atoms with E-state index >= 15 is 0 Å². The number of hydrogen-bond donors (Lipinski definition) is 5. The minimum absolute atomic E-state index is 0.0727. The molecule has 0 saturated heterocycles. The average Bonchev–Trinajstić information content (AvgIpc) is 2.78. The first-order chi connectivity index (χ1) is 15.9. The van der Waals surface area contributed by atoms with Crippen molar-refractivity contribution in [1.82, 2.24) is 10.7 Å². The van der Waals surface area contributed by atoms with Crippen molar-refractivity contribution in [2.24, 2.45) is 16.8 Å². The number of aliphatic carboxylic acids is 1. The molecule has 0 aromatic carbocycles. The Bertz CT molecular complexity index is 569. The van der Waals surface area contributed by atoms with Gasteiger partial charge in [-0.25, -0.2) is 10.6 Å². The summed E-state index contributed by atoms with van der Waals surface area (Å²) >= 11 is 0. The number of rotatable bonds is 22. The van der Waals surface area contributed by atoms with Crippen LogP contribution < -0.4 is 22.4 Å². The van der Waals surface area contributed by atoms with E-state index in [2.05, 4.69) is 15.8 Å². The third-order valence-electron chi connectivity index (χ3n) is 5.81. The third kappa shape index (κ3) is 20.2. The maximum Gasteiger partial charge on any atom is 0.326 e. The van der Waals surface area contributed by atoms with E-state index in [1.165, 1.54) is 71.1 Å². The topological polar surface area (TPSA) is 160 Å². The molecule has 0 aromatic rings. The van der Waals surface area contributed by atoms with E-state index in [1.807, 2.05) is 0 Å². The van der Waals surface area contributed by atoms with Crippen molar-refractivity contribution in [1.29, 1.82) is 0 Å². The highest BCUT2D eigenvalue weighted by molar-refractivity contribution is 5.84. The fraction of sp³-hybridized carbons (Fsp3) is 0.833. The van der Waals surface area contributed by atoms with E-state index in [9.17, 15) is 14.4 Å².